The van der Waals surface area contributed by atoms with Crippen molar-refractivity contribution in [1.82, 2.24) is 20.4 Å². The Balaban J connectivity index is 1.63. The zero-order chi connectivity index (χ0) is 19.2. The van der Waals surface area contributed by atoms with Crippen molar-refractivity contribution in [2.45, 2.75) is 6.54 Å². The van der Waals surface area contributed by atoms with Gasteiger partial charge in [0.25, 0.3) is 11.5 Å². The van der Waals surface area contributed by atoms with Crippen LogP contribution in [0.15, 0.2) is 64.0 Å². The van der Waals surface area contributed by atoms with Gasteiger partial charge in [0.1, 0.15) is 17.3 Å². The van der Waals surface area contributed by atoms with Crippen molar-refractivity contribution < 1.29 is 18.4 Å². The van der Waals surface area contributed by atoms with Crippen LogP contribution in [-0.2, 0) is 11.3 Å². The van der Waals surface area contributed by atoms with Gasteiger partial charge < -0.3 is 15.1 Å². The number of furan rings is 1. The Morgan fingerprint density at radius 1 is 1.07 bits per heavy atom. The van der Waals surface area contributed by atoms with Crippen molar-refractivity contribution in [3.05, 3.63) is 82.4 Å². The van der Waals surface area contributed by atoms with Crippen molar-refractivity contribution in [3.63, 3.8) is 0 Å². The minimum Gasteiger partial charge on any atom is -0.467 e. The van der Waals surface area contributed by atoms with E-state index in [-0.39, 0.29) is 18.8 Å². The van der Waals surface area contributed by atoms with Crippen LogP contribution in [0.4, 0.5) is 4.39 Å². The molecule has 8 nitrogen and oxygen atoms in total. The van der Waals surface area contributed by atoms with Gasteiger partial charge in [-0.1, -0.05) is 0 Å². The number of rotatable bonds is 6. The number of carbonyl (C=O) groups is 2. The van der Waals surface area contributed by atoms with Crippen molar-refractivity contribution in [3.8, 4) is 5.69 Å². The molecule has 1 aromatic carbocycles. The molecule has 2 heterocycles. The number of amides is 2. The molecule has 2 amide bonds. The van der Waals surface area contributed by atoms with Crippen LogP contribution in [0, 0.1) is 5.82 Å². The maximum absolute atomic E-state index is 13.0. The quantitative estimate of drug-likeness (QED) is 0.674. The summed E-state index contributed by atoms with van der Waals surface area (Å²) in [6.07, 6.45) is 1.49. The minimum atomic E-state index is -0.626. The summed E-state index contributed by atoms with van der Waals surface area (Å²) >= 11 is 0. The average Bonchev–Trinajstić information content (AvgIpc) is 3.19. The molecule has 0 aliphatic carbocycles. The summed E-state index contributed by atoms with van der Waals surface area (Å²) in [7, 11) is 0. The highest BCUT2D eigenvalue weighted by Crippen LogP contribution is 2.06. The number of hydrogen-bond acceptors (Lipinski definition) is 5. The molecule has 2 N–H and O–H groups in total. The van der Waals surface area contributed by atoms with Gasteiger partial charge in [0, 0.05) is 6.07 Å². The van der Waals surface area contributed by atoms with Gasteiger partial charge in [0.2, 0.25) is 5.91 Å². The van der Waals surface area contributed by atoms with Gasteiger partial charge in [-0.3, -0.25) is 14.4 Å². The molecule has 0 atom stereocenters. The van der Waals surface area contributed by atoms with Crippen LogP contribution in [0.2, 0.25) is 0 Å². The van der Waals surface area contributed by atoms with Gasteiger partial charge in [-0.15, -0.1) is 0 Å². The maximum atomic E-state index is 13.0. The highest BCUT2D eigenvalue weighted by Gasteiger charge is 2.12. The van der Waals surface area contributed by atoms with E-state index in [2.05, 4.69) is 15.7 Å². The van der Waals surface area contributed by atoms with E-state index in [1.165, 1.54) is 42.7 Å². The smallest absolute Gasteiger partial charge is 0.272 e. The summed E-state index contributed by atoms with van der Waals surface area (Å²) in [6, 6.07) is 10.9. The molecule has 0 aliphatic heterocycles. The third kappa shape index (κ3) is 4.66. The van der Waals surface area contributed by atoms with E-state index in [0.717, 1.165) is 4.68 Å². The summed E-state index contributed by atoms with van der Waals surface area (Å²) in [6.45, 7) is -0.0632. The SMILES string of the molecule is O=C(CNC(=O)c1ccc(=O)n(-c2ccc(F)cc2)n1)NCc1ccco1. The van der Waals surface area contributed by atoms with Gasteiger partial charge in [-0.2, -0.15) is 9.78 Å². The Labute approximate surface area is 152 Å². The third-order valence-electron chi connectivity index (χ3n) is 3.55. The number of halogens is 1. The number of aromatic nitrogens is 2. The molecule has 0 aliphatic rings. The molecule has 2 aromatic heterocycles. The van der Waals surface area contributed by atoms with Gasteiger partial charge in [0.15, 0.2) is 0 Å². The number of carbonyl (C=O) groups excluding carboxylic acids is 2. The normalized spacial score (nSPS) is 10.4. The van der Waals surface area contributed by atoms with E-state index in [1.807, 2.05) is 0 Å². The zero-order valence-corrected chi connectivity index (χ0v) is 14.0. The highest BCUT2D eigenvalue weighted by molar-refractivity contribution is 5.94. The molecule has 3 aromatic rings. The predicted molar refractivity (Wildman–Crippen MR) is 92.7 cm³/mol. The zero-order valence-electron chi connectivity index (χ0n) is 14.0. The highest BCUT2D eigenvalue weighted by atomic mass is 19.1. The lowest BCUT2D eigenvalue weighted by Crippen LogP contribution is -2.37. The van der Waals surface area contributed by atoms with Crippen LogP contribution >= 0.6 is 0 Å². The van der Waals surface area contributed by atoms with Gasteiger partial charge in [-0.25, -0.2) is 4.39 Å². The largest absolute Gasteiger partial charge is 0.467 e. The first kappa shape index (κ1) is 18.1. The molecule has 0 saturated heterocycles. The predicted octanol–water partition coefficient (Wildman–Crippen LogP) is 1.01. The van der Waals surface area contributed by atoms with Gasteiger partial charge in [0.05, 0.1) is 25.0 Å². The molecule has 0 bridgehead atoms. The second-order valence-corrected chi connectivity index (χ2v) is 5.48. The van der Waals surface area contributed by atoms with E-state index in [4.69, 9.17) is 4.42 Å². The second kappa shape index (κ2) is 8.09. The number of nitrogens with zero attached hydrogens (tertiary/aromatic N) is 2. The van der Waals surface area contributed by atoms with Crippen molar-refractivity contribution in [1.29, 1.82) is 0 Å². The summed E-state index contributed by atoms with van der Waals surface area (Å²) in [4.78, 5) is 35.9. The summed E-state index contributed by atoms with van der Waals surface area (Å²) in [5, 5.41) is 8.96. The maximum Gasteiger partial charge on any atom is 0.272 e. The number of hydrogen-bond donors (Lipinski definition) is 2. The first-order valence-electron chi connectivity index (χ1n) is 7.96. The number of nitrogens with one attached hydrogen (secondary N) is 2. The summed E-state index contributed by atoms with van der Waals surface area (Å²) < 4.78 is 19.1. The van der Waals surface area contributed by atoms with E-state index in [9.17, 15) is 18.8 Å². The first-order valence-corrected chi connectivity index (χ1v) is 7.96. The lowest BCUT2D eigenvalue weighted by atomic mass is 10.3. The van der Waals surface area contributed by atoms with E-state index in [0.29, 0.717) is 11.4 Å². The third-order valence-corrected chi connectivity index (χ3v) is 3.55. The molecule has 0 fully saturated rings. The molecule has 138 valence electrons. The molecule has 27 heavy (non-hydrogen) atoms. The Morgan fingerprint density at radius 3 is 2.56 bits per heavy atom. The number of benzene rings is 1. The lowest BCUT2D eigenvalue weighted by molar-refractivity contribution is -0.120. The summed E-state index contributed by atoms with van der Waals surface area (Å²) in [5.41, 5.74) is -0.223. The van der Waals surface area contributed by atoms with Gasteiger partial charge in [-0.05, 0) is 42.5 Å². The van der Waals surface area contributed by atoms with Crippen molar-refractivity contribution >= 4 is 11.8 Å². The fraction of sp³-hybridized carbons (Fsp3) is 0.111. The molecular weight excluding hydrogens is 355 g/mol. The van der Waals surface area contributed by atoms with Crippen LogP contribution in [0.5, 0.6) is 0 Å². The Morgan fingerprint density at radius 2 is 1.85 bits per heavy atom. The molecule has 0 radical (unpaired) electrons. The van der Waals surface area contributed by atoms with E-state index in [1.54, 1.807) is 12.1 Å². The standard InChI is InChI=1S/C18H15FN4O4/c19-12-3-5-13(6-4-12)23-17(25)8-7-15(22-23)18(26)21-11-16(24)20-10-14-2-1-9-27-14/h1-9H,10-11H2,(H,20,24)(H,21,26). The average molecular weight is 370 g/mol. The Bertz CT molecular complexity index is 997. The van der Waals surface area contributed by atoms with E-state index >= 15 is 0 Å². The summed E-state index contributed by atoms with van der Waals surface area (Å²) in [5.74, 6) is -0.908. The Hall–Kier alpha value is -3.75. The fourth-order valence-corrected chi connectivity index (χ4v) is 2.21. The van der Waals surface area contributed by atoms with Crippen LogP contribution < -0.4 is 16.2 Å². The molecule has 0 spiro atoms. The molecular formula is C18H15FN4O4. The van der Waals surface area contributed by atoms with Crippen LogP contribution in [-0.4, -0.2) is 28.1 Å². The van der Waals surface area contributed by atoms with Crippen LogP contribution in [0.3, 0.4) is 0 Å². The minimum absolute atomic E-state index is 0.0576. The Kier molecular flexibility index (Phi) is 5.41. The second-order valence-electron chi connectivity index (χ2n) is 5.48. The monoisotopic (exact) mass is 370 g/mol. The fourth-order valence-electron chi connectivity index (χ4n) is 2.21. The molecule has 3 rings (SSSR count). The van der Waals surface area contributed by atoms with E-state index < -0.39 is 23.2 Å². The molecule has 0 unspecified atom stereocenters. The van der Waals surface area contributed by atoms with Crippen molar-refractivity contribution in [2.24, 2.45) is 0 Å². The molecule has 9 heteroatoms. The van der Waals surface area contributed by atoms with Crippen LogP contribution in [0.1, 0.15) is 16.2 Å². The lowest BCUT2D eigenvalue weighted by Gasteiger charge is -2.08. The topological polar surface area (TPSA) is 106 Å². The first-order chi connectivity index (χ1) is 13.0. The van der Waals surface area contributed by atoms with Crippen LogP contribution in [0.25, 0.3) is 5.69 Å². The molecule has 0 saturated carbocycles. The van der Waals surface area contributed by atoms with Crippen molar-refractivity contribution in [2.75, 3.05) is 6.54 Å². The van der Waals surface area contributed by atoms with Gasteiger partial charge >= 0.3 is 0 Å².